The molecular formula is C25H25ClN2O3. The van der Waals surface area contributed by atoms with Crippen LogP contribution >= 0.6 is 11.6 Å². The third-order valence-corrected chi connectivity index (χ3v) is 5.45. The van der Waals surface area contributed by atoms with Gasteiger partial charge in [-0.25, -0.2) is 4.98 Å². The number of nitrogens with zero attached hydrogens (tertiary/aromatic N) is 2. The maximum absolute atomic E-state index is 6.28. The van der Waals surface area contributed by atoms with Gasteiger partial charge in [-0.05, 0) is 66.9 Å². The largest absolute Gasteiger partial charge is 0.493 e. The summed E-state index contributed by atoms with van der Waals surface area (Å²) >= 11 is 6.28. The third-order valence-electron chi connectivity index (χ3n) is 5.22. The van der Waals surface area contributed by atoms with Crippen LogP contribution in [0.25, 0.3) is 11.0 Å². The fourth-order valence-electron chi connectivity index (χ4n) is 3.64. The Morgan fingerprint density at radius 3 is 2.55 bits per heavy atom. The van der Waals surface area contributed by atoms with Gasteiger partial charge in [-0.15, -0.1) is 0 Å². The summed E-state index contributed by atoms with van der Waals surface area (Å²) in [6, 6.07) is 19.8. The molecule has 160 valence electrons. The number of aromatic nitrogens is 2. The van der Waals surface area contributed by atoms with Gasteiger partial charge < -0.3 is 18.8 Å². The van der Waals surface area contributed by atoms with Crippen molar-refractivity contribution in [2.75, 3.05) is 14.2 Å². The molecule has 4 aromatic rings. The van der Waals surface area contributed by atoms with E-state index in [-0.39, 0.29) is 0 Å². The van der Waals surface area contributed by atoms with E-state index in [1.54, 1.807) is 14.2 Å². The lowest BCUT2D eigenvalue weighted by Gasteiger charge is -2.13. The van der Waals surface area contributed by atoms with Crippen LogP contribution in [0.1, 0.15) is 17.0 Å². The molecule has 0 amide bonds. The Bertz CT molecular complexity index is 1200. The Morgan fingerprint density at radius 1 is 0.935 bits per heavy atom. The monoisotopic (exact) mass is 436 g/mol. The minimum absolute atomic E-state index is 0.377. The van der Waals surface area contributed by atoms with Gasteiger partial charge in [-0.3, -0.25) is 0 Å². The number of benzene rings is 3. The van der Waals surface area contributed by atoms with E-state index in [2.05, 4.69) is 10.6 Å². The van der Waals surface area contributed by atoms with Crippen LogP contribution in [0, 0.1) is 6.92 Å². The van der Waals surface area contributed by atoms with E-state index in [1.807, 2.05) is 61.5 Å². The quantitative estimate of drug-likeness (QED) is 0.348. The smallest absolute Gasteiger partial charge is 0.160 e. The Kier molecular flexibility index (Phi) is 6.33. The van der Waals surface area contributed by atoms with Gasteiger partial charge >= 0.3 is 0 Å². The van der Waals surface area contributed by atoms with Crippen molar-refractivity contribution in [3.05, 3.63) is 82.6 Å². The van der Waals surface area contributed by atoms with Crippen molar-refractivity contribution in [3.8, 4) is 17.2 Å². The first-order valence-corrected chi connectivity index (χ1v) is 10.5. The SMILES string of the molecule is COc1ccc(CCn2c(COc3cccc(C)c3)nc3ccc(Cl)cc32)cc1OC. The van der Waals surface area contributed by atoms with Gasteiger partial charge in [0.25, 0.3) is 0 Å². The summed E-state index contributed by atoms with van der Waals surface area (Å²) in [6.07, 6.45) is 0.801. The molecule has 0 atom stereocenters. The first-order valence-electron chi connectivity index (χ1n) is 10.1. The van der Waals surface area contributed by atoms with Crippen LogP contribution in [0.4, 0.5) is 0 Å². The zero-order valence-electron chi connectivity index (χ0n) is 17.9. The summed E-state index contributed by atoms with van der Waals surface area (Å²) in [7, 11) is 3.28. The number of fused-ring (bicyclic) bond motifs is 1. The van der Waals surface area contributed by atoms with Crippen LogP contribution in [-0.4, -0.2) is 23.8 Å². The molecule has 0 radical (unpaired) electrons. The minimum Gasteiger partial charge on any atom is -0.493 e. The second-order valence-electron chi connectivity index (χ2n) is 7.36. The predicted octanol–water partition coefficient (Wildman–Crippen LogP) is 5.84. The summed E-state index contributed by atoms with van der Waals surface area (Å²) in [5.41, 5.74) is 4.20. The Balaban J connectivity index is 1.60. The van der Waals surface area contributed by atoms with Crippen molar-refractivity contribution < 1.29 is 14.2 Å². The molecule has 0 saturated heterocycles. The van der Waals surface area contributed by atoms with Crippen LogP contribution in [-0.2, 0) is 19.6 Å². The van der Waals surface area contributed by atoms with Crippen LogP contribution < -0.4 is 14.2 Å². The topological polar surface area (TPSA) is 45.5 Å². The first kappa shape index (κ1) is 21.1. The molecule has 0 aliphatic heterocycles. The number of hydrogen-bond acceptors (Lipinski definition) is 4. The van der Waals surface area contributed by atoms with Gasteiger partial charge in [0.2, 0.25) is 0 Å². The Hall–Kier alpha value is -3.18. The maximum atomic E-state index is 6.28. The molecular weight excluding hydrogens is 412 g/mol. The minimum atomic E-state index is 0.377. The second kappa shape index (κ2) is 9.31. The van der Waals surface area contributed by atoms with Crippen molar-refractivity contribution in [1.29, 1.82) is 0 Å². The van der Waals surface area contributed by atoms with Gasteiger partial charge in [-0.1, -0.05) is 29.8 Å². The van der Waals surface area contributed by atoms with Crippen molar-refractivity contribution in [3.63, 3.8) is 0 Å². The number of rotatable bonds is 8. The van der Waals surface area contributed by atoms with Crippen molar-refractivity contribution in [2.24, 2.45) is 0 Å². The molecule has 0 aliphatic carbocycles. The summed E-state index contributed by atoms with van der Waals surface area (Å²) in [5, 5.41) is 0.686. The fraction of sp³-hybridized carbons (Fsp3) is 0.240. The van der Waals surface area contributed by atoms with E-state index in [1.165, 1.54) is 0 Å². The van der Waals surface area contributed by atoms with E-state index < -0.39 is 0 Å². The maximum Gasteiger partial charge on any atom is 0.160 e. The van der Waals surface area contributed by atoms with Gasteiger partial charge in [-0.2, -0.15) is 0 Å². The molecule has 0 spiro atoms. The number of methoxy groups -OCH3 is 2. The van der Waals surface area contributed by atoms with Crippen LogP contribution in [0.15, 0.2) is 60.7 Å². The summed E-state index contributed by atoms with van der Waals surface area (Å²) in [6.45, 7) is 3.16. The molecule has 0 fully saturated rings. The highest BCUT2D eigenvalue weighted by Gasteiger charge is 2.13. The Morgan fingerprint density at radius 2 is 1.77 bits per heavy atom. The van der Waals surface area contributed by atoms with E-state index >= 15 is 0 Å². The standard InChI is InChI=1S/C25H25ClN2O3/c1-17-5-4-6-20(13-17)31-16-25-27-21-9-8-19(26)15-22(21)28(25)12-11-18-7-10-23(29-2)24(14-18)30-3/h4-10,13-15H,11-12,16H2,1-3H3. The average molecular weight is 437 g/mol. The number of ether oxygens (including phenoxy) is 3. The highest BCUT2D eigenvalue weighted by molar-refractivity contribution is 6.31. The highest BCUT2D eigenvalue weighted by Crippen LogP contribution is 2.28. The lowest BCUT2D eigenvalue weighted by atomic mass is 10.1. The van der Waals surface area contributed by atoms with E-state index in [0.717, 1.165) is 58.2 Å². The highest BCUT2D eigenvalue weighted by atomic mass is 35.5. The molecule has 1 aromatic heterocycles. The van der Waals surface area contributed by atoms with Crippen LogP contribution in [0.3, 0.4) is 0 Å². The second-order valence-corrected chi connectivity index (χ2v) is 7.79. The van der Waals surface area contributed by atoms with E-state index in [4.69, 9.17) is 30.8 Å². The summed E-state index contributed by atoms with van der Waals surface area (Å²) in [4.78, 5) is 4.80. The third kappa shape index (κ3) is 4.78. The fourth-order valence-corrected chi connectivity index (χ4v) is 3.80. The number of imidazole rings is 1. The molecule has 0 unspecified atom stereocenters. The molecule has 0 aliphatic rings. The van der Waals surface area contributed by atoms with Crippen molar-refractivity contribution in [2.45, 2.75) is 26.5 Å². The van der Waals surface area contributed by atoms with Crippen molar-refractivity contribution in [1.82, 2.24) is 9.55 Å². The number of halogens is 1. The van der Waals surface area contributed by atoms with Gasteiger partial charge in [0.15, 0.2) is 11.5 Å². The zero-order valence-corrected chi connectivity index (χ0v) is 18.6. The molecule has 0 bridgehead atoms. The lowest BCUT2D eigenvalue weighted by molar-refractivity contribution is 0.290. The van der Waals surface area contributed by atoms with Gasteiger partial charge in [0, 0.05) is 11.6 Å². The lowest BCUT2D eigenvalue weighted by Crippen LogP contribution is -2.09. The van der Waals surface area contributed by atoms with Crippen molar-refractivity contribution >= 4 is 22.6 Å². The summed E-state index contributed by atoms with van der Waals surface area (Å²) < 4.78 is 19.0. The molecule has 0 N–H and O–H groups in total. The molecule has 6 heteroatoms. The van der Waals surface area contributed by atoms with E-state index in [9.17, 15) is 0 Å². The summed E-state index contributed by atoms with van der Waals surface area (Å²) in [5.74, 6) is 3.13. The Labute approximate surface area is 187 Å². The average Bonchev–Trinajstić information content (AvgIpc) is 3.12. The van der Waals surface area contributed by atoms with Crippen LogP contribution in [0.5, 0.6) is 17.2 Å². The molecule has 4 rings (SSSR count). The zero-order chi connectivity index (χ0) is 21.8. The molecule has 5 nitrogen and oxygen atoms in total. The number of aryl methyl sites for hydroxylation is 3. The number of hydrogen-bond donors (Lipinski definition) is 0. The first-order chi connectivity index (χ1) is 15.1. The predicted molar refractivity (Wildman–Crippen MR) is 124 cm³/mol. The molecule has 3 aromatic carbocycles. The molecule has 31 heavy (non-hydrogen) atoms. The normalized spacial score (nSPS) is 11.0. The molecule has 1 heterocycles. The van der Waals surface area contributed by atoms with Crippen LogP contribution in [0.2, 0.25) is 5.02 Å². The van der Waals surface area contributed by atoms with Gasteiger partial charge in [0.1, 0.15) is 18.2 Å². The van der Waals surface area contributed by atoms with Gasteiger partial charge in [0.05, 0.1) is 25.3 Å². The molecule has 0 saturated carbocycles. The van der Waals surface area contributed by atoms with E-state index in [0.29, 0.717) is 11.6 Å².